The van der Waals surface area contributed by atoms with Crippen LogP contribution in [0.2, 0.25) is 0 Å². The van der Waals surface area contributed by atoms with E-state index in [1.807, 2.05) is 16.9 Å². The van der Waals surface area contributed by atoms with Gasteiger partial charge < -0.3 is 5.32 Å². The van der Waals surface area contributed by atoms with Gasteiger partial charge in [0.25, 0.3) is 5.91 Å². The highest BCUT2D eigenvalue weighted by molar-refractivity contribution is 5.92. The molecular weight excluding hydrogens is 350 g/mol. The van der Waals surface area contributed by atoms with E-state index in [4.69, 9.17) is 0 Å². The van der Waals surface area contributed by atoms with E-state index < -0.39 is 0 Å². The average molecular weight is 380 g/mol. The van der Waals surface area contributed by atoms with Crippen LogP contribution >= 0.6 is 0 Å². The minimum Gasteiger partial charge on any atom is -0.348 e. The lowest BCUT2D eigenvalue weighted by molar-refractivity contribution is 0.0932. The summed E-state index contributed by atoms with van der Waals surface area (Å²) in [6.45, 7) is 2.96. The summed E-state index contributed by atoms with van der Waals surface area (Å²) in [5.74, 6) is -0.0865. The van der Waals surface area contributed by atoms with Gasteiger partial charge in [-0.2, -0.15) is 0 Å². The second-order valence-electron chi connectivity index (χ2n) is 7.91. The molecule has 1 amide bonds. The number of rotatable bonds is 6. The quantitative estimate of drug-likeness (QED) is 0.836. The zero-order chi connectivity index (χ0) is 19.2. The molecule has 1 atom stereocenters. The first-order chi connectivity index (χ1) is 13.8. The smallest absolute Gasteiger partial charge is 0.273 e. The van der Waals surface area contributed by atoms with E-state index in [-0.39, 0.29) is 11.9 Å². The van der Waals surface area contributed by atoms with Crippen molar-refractivity contribution in [3.05, 3.63) is 53.9 Å². The predicted octanol–water partition coefficient (Wildman–Crippen LogP) is 3.30. The third-order valence-corrected chi connectivity index (χ3v) is 5.76. The van der Waals surface area contributed by atoms with E-state index in [1.165, 1.54) is 18.4 Å². The number of carbonyl (C=O) groups is 1. The van der Waals surface area contributed by atoms with Gasteiger partial charge in [-0.05, 0) is 37.8 Å². The molecule has 0 bridgehead atoms. The van der Waals surface area contributed by atoms with Crippen LogP contribution in [-0.4, -0.2) is 51.5 Å². The number of nitrogens with one attached hydrogen (secondary N) is 1. The molecule has 28 heavy (non-hydrogen) atoms. The van der Waals surface area contributed by atoms with E-state index in [0.29, 0.717) is 11.7 Å². The summed E-state index contributed by atoms with van der Waals surface area (Å²) < 4.78 is 1.89. The zero-order valence-corrected chi connectivity index (χ0v) is 16.3. The fraction of sp³-hybridized carbons (Fsp3) is 0.500. The summed E-state index contributed by atoms with van der Waals surface area (Å²) in [5.41, 5.74) is 1.67. The zero-order valence-electron chi connectivity index (χ0n) is 16.3. The van der Waals surface area contributed by atoms with E-state index >= 15 is 0 Å². The van der Waals surface area contributed by atoms with Crippen molar-refractivity contribution in [2.45, 2.75) is 50.6 Å². The molecule has 4 rings (SSSR count). The normalized spacial score (nSPS) is 21.4. The number of benzene rings is 1. The third-order valence-electron chi connectivity index (χ3n) is 5.76. The van der Waals surface area contributed by atoms with Crippen LogP contribution in [0.4, 0.5) is 0 Å². The van der Waals surface area contributed by atoms with Crippen molar-refractivity contribution in [1.29, 1.82) is 0 Å². The van der Waals surface area contributed by atoms with Gasteiger partial charge in [0.2, 0.25) is 0 Å². The van der Waals surface area contributed by atoms with E-state index in [2.05, 4.69) is 56.9 Å². The van der Waals surface area contributed by atoms with Crippen LogP contribution in [0.5, 0.6) is 0 Å². The highest BCUT2D eigenvalue weighted by Gasteiger charge is 2.24. The summed E-state index contributed by atoms with van der Waals surface area (Å²) in [6.07, 6.45) is 13.0. The molecule has 0 radical (unpaired) electrons. The van der Waals surface area contributed by atoms with Gasteiger partial charge in [0.05, 0.1) is 12.2 Å². The molecule has 6 nitrogen and oxygen atoms in total. The molecule has 1 aromatic heterocycles. The highest BCUT2D eigenvalue weighted by atomic mass is 16.2. The Hall–Kier alpha value is -2.47. The summed E-state index contributed by atoms with van der Waals surface area (Å²) in [6, 6.07) is 11.0. The van der Waals surface area contributed by atoms with Crippen LogP contribution in [0, 0.1) is 0 Å². The molecule has 1 aliphatic carbocycles. The Morgan fingerprint density at radius 3 is 2.79 bits per heavy atom. The van der Waals surface area contributed by atoms with Crippen LogP contribution in [0.15, 0.2) is 42.6 Å². The van der Waals surface area contributed by atoms with E-state index in [9.17, 15) is 4.79 Å². The van der Waals surface area contributed by atoms with Crippen molar-refractivity contribution in [2.75, 3.05) is 19.6 Å². The van der Waals surface area contributed by atoms with Crippen LogP contribution in [0.25, 0.3) is 6.08 Å². The Bertz CT molecular complexity index is 794. The Labute approximate surface area is 166 Å². The molecule has 2 heterocycles. The maximum absolute atomic E-state index is 12.4. The number of carbonyl (C=O) groups excluding carboxylic acids is 1. The van der Waals surface area contributed by atoms with Gasteiger partial charge in [-0.3, -0.25) is 9.69 Å². The lowest BCUT2D eigenvalue weighted by Crippen LogP contribution is -2.37. The minimum atomic E-state index is -0.0865. The van der Waals surface area contributed by atoms with Gasteiger partial charge in [0.15, 0.2) is 5.69 Å². The van der Waals surface area contributed by atoms with Crippen molar-refractivity contribution in [3.63, 3.8) is 0 Å². The molecule has 2 aromatic rings. The Morgan fingerprint density at radius 1 is 1.14 bits per heavy atom. The molecule has 1 aliphatic heterocycles. The van der Waals surface area contributed by atoms with E-state index in [0.717, 1.165) is 45.3 Å². The molecule has 0 unspecified atom stereocenters. The summed E-state index contributed by atoms with van der Waals surface area (Å²) in [4.78, 5) is 14.8. The first kappa shape index (κ1) is 18.9. The van der Waals surface area contributed by atoms with Crippen LogP contribution in [-0.2, 0) is 0 Å². The number of piperidine rings is 1. The predicted molar refractivity (Wildman–Crippen MR) is 110 cm³/mol. The van der Waals surface area contributed by atoms with Crippen molar-refractivity contribution in [3.8, 4) is 0 Å². The molecule has 1 saturated heterocycles. The van der Waals surface area contributed by atoms with E-state index in [1.54, 1.807) is 0 Å². The topological polar surface area (TPSA) is 63.1 Å². The molecular formula is C22H29N5O. The van der Waals surface area contributed by atoms with Crippen LogP contribution < -0.4 is 5.32 Å². The molecule has 2 fully saturated rings. The SMILES string of the molecule is O=C(NC1CCCC1)c1cn([C@H]2CCCN(C/C=C/c3ccccc3)C2)nn1. The summed E-state index contributed by atoms with van der Waals surface area (Å²) in [7, 11) is 0. The number of hydrogen-bond acceptors (Lipinski definition) is 4. The highest BCUT2D eigenvalue weighted by Crippen LogP contribution is 2.21. The van der Waals surface area contributed by atoms with Gasteiger partial charge in [0, 0.05) is 19.1 Å². The summed E-state index contributed by atoms with van der Waals surface area (Å²) in [5, 5.41) is 11.5. The van der Waals surface area contributed by atoms with Crippen molar-refractivity contribution >= 4 is 12.0 Å². The van der Waals surface area contributed by atoms with Crippen LogP contribution in [0.3, 0.4) is 0 Å². The molecule has 1 N–H and O–H groups in total. The average Bonchev–Trinajstić information content (AvgIpc) is 3.41. The molecule has 1 aromatic carbocycles. The molecule has 148 valence electrons. The Balaban J connectivity index is 1.31. The lowest BCUT2D eigenvalue weighted by Gasteiger charge is -2.31. The van der Waals surface area contributed by atoms with Gasteiger partial charge in [-0.25, -0.2) is 4.68 Å². The number of hydrogen-bond donors (Lipinski definition) is 1. The number of aromatic nitrogens is 3. The fourth-order valence-electron chi connectivity index (χ4n) is 4.20. The third kappa shape index (κ3) is 4.87. The van der Waals surface area contributed by atoms with Crippen molar-refractivity contribution < 1.29 is 4.79 Å². The van der Waals surface area contributed by atoms with Gasteiger partial charge >= 0.3 is 0 Å². The fourth-order valence-corrected chi connectivity index (χ4v) is 4.20. The number of nitrogens with zero attached hydrogens (tertiary/aromatic N) is 4. The summed E-state index contributed by atoms with van der Waals surface area (Å²) >= 11 is 0. The molecule has 2 aliphatic rings. The van der Waals surface area contributed by atoms with Gasteiger partial charge in [-0.15, -0.1) is 5.10 Å². The number of amides is 1. The maximum Gasteiger partial charge on any atom is 0.273 e. The monoisotopic (exact) mass is 379 g/mol. The van der Waals surface area contributed by atoms with Gasteiger partial charge in [-0.1, -0.05) is 60.5 Å². The van der Waals surface area contributed by atoms with Crippen LogP contribution in [0.1, 0.15) is 60.6 Å². The Kier molecular flexibility index (Phi) is 6.17. The molecule has 0 spiro atoms. The van der Waals surface area contributed by atoms with Crippen molar-refractivity contribution in [1.82, 2.24) is 25.2 Å². The second-order valence-corrected chi connectivity index (χ2v) is 7.91. The van der Waals surface area contributed by atoms with Gasteiger partial charge in [0.1, 0.15) is 0 Å². The maximum atomic E-state index is 12.4. The first-order valence-corrected chi connectivity index (χ1v) is 10.4. The largest absolute Gasteiger partial charge is 0.348 e. The molecule has 1 saturated carbocycles. The lowest BCUT2D eigenvalue weighted by atomic mass is 10.1. The number of likely N-dealkylation sites (tertiary alicyclic amines) is 1. The second kappa shape index (κ2) is 9.15. The standard InChI is InChI=1S/C22H29N5O/c28-22(23-19-11-4-5-12-19)21-17-27(25-24-21)20-13-7-15-26(16-20)14-6-10-18-8-2-1-3-9-18/h1-3,6,8-10,17,19-20H,4-5,7,11-16H2,(H,23,28)/b10-6+/t20-/m0/s1. The molecule has 6 heteroatoms. The van der Waals surface area contributed by atoms with Crippen molar-refractivity contribution in [2.24, 2.45) is 0 Å². The Morgan fingerprint density at radius 2 is 1.96 bits per heavy atom. The minimum absolute atomic E-state index is 0.0865. The first-order valence-electron chi connectivity index (χ1n) is 10.4.